The molecule has 1 aromatic rings. The molecule has 1 N–H and O–H groups in total. The average molecular weight is 221 g/mol. The summed E-state index contributed by atoms with van der Waals surface area (Å²) < 4.78 is 26.4. The number of aliphatic hydroxyl groups is 1. The van der Waals surface area contributed by atoms with Crippen molar-refractivity contribution in [2.75, 3.05) is 6.61 Å². The molecule has 1 heterocycles. The highest BCUT2D eigenvalue weighted by Crippen LogP contribution is 2.33. The molecule has 14 heavy (non-hydrogen) atoms. The molecular weight excluding hydrogens is 208 g/mol. The molecule has 0 aliphatic carbocycles. The number of hydrogen-bond donors (Lipinski definition) is 1. The van der Waals surface area contributed by atoms with Gasteiger partial charge in [0.05, 0.1) is 5.01 Å². The second-order valence-corrected chi connectivity index (χ2v) is 4.29. The zero-order valence-electron chi connectivity index (χ0n) is 8.13. The molecule has 0 saturated heterocycles. The minimum absolute atomic E-state index is 0.165. The first-order valence-corrected chi connectivity index (χ1v) is 5.30. The summed E-state index contributed by atoms with van der Waals surface area (Å²) in [4.78, 5) is 3.86. The van der Waals surface area contributed by atoms with Crippen LogP contribution in [0, 0.1) is 0 Å². The van der Waals surface area contributed by atoms with Crippen molar-refractivity contribution in [1.29, 1.82) is 0 Å². The van der Waals surface area contributed by atoms with Crippen molar-refractivity contribution in [2.24, 2.45) is 0 Å². The highest BCUT2D eigenvalue weighted by atomic mass is 32.1. The van der Waals surface area contributed by atoms with E-state index in [-0.39, 0.29) is 11.6 Å². The van der Waals surface area contributed by atoms with Crippen LogP contribution in [0.15, 0.2) is 5.38 Å². The Balaban J connectivity index is 2.85. The number of aromatic nitrogens is 1. The minimum atomic E-state index is -3.00. The molecule has 0 amide bonds. The minimum Gasteiger partial charge on any atom is -0.396 e. The molecule has 80 valence electrons. The molecule has 0 radical (unpaired) electrons. The van der Waals surface area contributed by atoms with Gasteiger partial charge in [0, 0.05) is 24.3 Å². The summed E-state index contributed by atoms with van der Waals surface area (Å²) in [6.45, 7) is 3.29. The summed E-state index contributed by atoms with van der Waals surface area (Å²) in [6, 6.07) is 0. The second-order valence-electron chi connectivity index (χ2n) is 3.40. The van der Waals surface area contributed by atoms with Crippen molar-refractivity contribution >= 4 is 11.3 Å². The smallest absolute Gasteiger partial charge is 0.292 e. The molecular formula is C9H13F2NOS. The lowest BCUT2D eigenvalue weighted by atomic mass is 10.2. The van der Waals surface area contributed by atoms with Gasteiger partial charge in [0.15, 0.2) is 0 Å². The van der Waals surface area contributed by atoms with Crippen LogP contribution in [0.3, 0.4) is 0 Å². The predicted molar refractivity (Wildman–Crippen MR) is 51.8 cm³/mol. The van der Waals surface area contributed by atoms with E-state index in [9.17, 15) is 8.78 Å². The molecule has 0 aliphatic rings. The van der Waals surface area contributed by atoms with E-state index in [4.69, 9.17) is 5.11 Å². The van der Waals surface area contributed by atoms with E-state index in [1.54, 1.807) is 0 Å². The first kappa shape index (κ1) is 11.5. The lowest BCUT2D eigenvalue weighted by Crippen LogP contribution is -2.15. The Morgan fingerprint density at radius 3 is 2.64 bits per heavy atom. The zero-order valence-corrected chi connectivity index (χ0v) is 8.94. The Morgan fingerprint density at radius 2 is 2.21 bits per heavy atom. The Hall–Kier alpha value is -0.550. The maximum Gasteiger partial charge on any atom is 0.292 e. The average Bonchev–Trinajstić information content (AvgIpc) is 2.51. The Morgan fingerprint density at radius 1 is 1.57 bits per heavy atom. The molecule has 1 rings (SSSR count). The van der Waals surface area contributed by atoms with Gasteiger partial charge in [0.1, 0.15) is 5.69 Å². The van der Waals surface area contributed by atoms with Crippen molar-refractivity contribution in [1.82, 2.24) is 4.98 Å². The topological polar surface area (TPSA) is 33.1 Å². The molecule has 0 fully saturated rings. The maximum atomic E-state index is 13.2. The van der Waals surface area contributed by atoms with Crippen LogP contribution in [0.4, 0.5) is 8.78 Å². The van der Waals surface area contributed by atoms with Crippen LogP contribution in [0.5, 0.6) is 0 Å². The summed E-state index contributed by atoms with van der Waals surface area (Å²) in [6.07, 6.45) is -0.561. The molecule has 0 unspecified atom stereocenters. The number of alkyl halides is 2. The quantitative estimate of drug-likeness (QED) is 0.848. The number of nitrogens with zero attached hydrogens (tertiary/aromatic N) is 1. The largest absolute Gasteiger partial charge is 0.396 e. The van der Waals surface area contributed by atoms with Crippen molar-refractivity contribution < 1.29 is 13.9 Å². The standard InChI is InChI=1S/C9H13F2NOS/c1-6(2)8-12-7(5-14-8)9(10,11)3-4-13/h5-6,13H,3-4H2,1-2H3. The summed E-state index contributed by atoms with van der Waals surface area (Å²) in [5.74, 6) is -2.84. The fourth-order valence-electron chi connectivity index (χ4n) is 0.989. The Bertz CT molecular complexity index is 299. The van der Waals surface area contributed by atoms with Crippen molar-refractivity contribution in [3.63, 3.8) is 0 Å². The van der Waals surface area contributed by atoms with Gasteiger partial charge in [-0.15, -0.1) is 11.3 Å². The van der Waals surface area contributed by atoms with E-state index >= 15 is 0 Å². The van der Waals surface area contributed by atoms with E-state index in [0.29, 0.717) is 5.01 Å². The van der Waals surface area contributed by atoms with E-state index in [1.807, 2.05) is 13.8 Å². The van der Waals surface area contributed by atoms with Crippen LogP contribution >= 0.6 is 11.3 Å². The number of thiazole rings is 1. The van der Waals surface area contributed by atoms with Gasteiger partial charge in [-0.1, -0.05) is 13.8 Å². The summed E-state index contributed by atoms with van der Waals surface area (Å²) >= 11 is 1.24. The monoisotopic (exact) mass is 221 g/mol. The van der Waals surface area contributed by atoms with E-state index in [2.05, 4.69) is 4.98 Å². The molecule has 0 aromatic carbocycles. The van der Waals surface area contributed by atoms with Gasteiger partial charge in [-0.25, -0.2) is 4.98 Å². The third kappa shape index (κ3) is 2.48. The van der Waals surface area contributed by atoms with Crippen LogP contribution in [0.1, 0.15) is 36.9 Å². The fourth-order valence-corrected chi connectivity index (χ4v) is 1.87. The molecule has 0 aliphatic heterocycles. The van der Waals surface area contributed by atoms with Gasteiger partial charge >= 0.3 is 0 Å². The predicted octanol–water partition coefficient (Wildman–Crippen LogP) is 2.74. The molecule has 0 spiro atoms. The Labute approximate surface area is 85.6 Å². The first-order chi connectivity index (χ1) is 6.47. The fraction of sp³-hybridized carbons (Fsp3) is 0.667. The molecule has 0 saturated carbocycles. The molecule has 5 heteroatoms. The number of hydrogen-bond acceptors (Lipinski definition) is 3. The van der Waals surface area contributed by atoms with Crippen LogP contribution in [-0.2, 0) is 5.92 Å². The molecule has 1 aromatic heterocycles. The van der Waals surface area contributed by atoms with E-state index in [0.717, 1.165) is 0 Å². The maximum absolute atomic E-state index is 13.2. The van der Waals surface area contributed by atoms with Crippen molar-refractivity contribution in [3.05, 3.63) is 16.1 Å². The lowest BCUT2D eigenvalue weighted by Gasteiger charge is -2.11. The van der Waals surface area contributed by atoms with Gasteiger partial charge in [0.25, 0.3) is 5.92 Å². The van der Waals surface area contributed by atoms with E-state index in [1.165, 1.54) is 16.7 Å². The molecule has 2 nitrogen and oxygen atoms in total. The molecule has 0 bridgehead atoms. The summed E-state index contributed by atoms with van der Waals surface area (Å²) in [5, 5.41) is 10.5. The van der Waals surface area contributed by atoms with Crippen LogP contribution in [0.25, 0.3) is 0 Å². The molecule has 0 atom stereocenters. The van der Waals surface area contributed by atoms with Crippen LogP contribution < -0.4 is 0 Å². The summed E-state index contributed by atoms with van der Waals surface area (Å²) in [7, 11) is 0. The van der Waals surface area contributed by atoms with Crippen molar-refractivity contribution in [2.45, 2.75) is 32.1 Å². The van der Waals surface area contributed by atoms with Gasteiger partial charge in [-0.2, -0.15) is 8.78 Å². The highest BCUT2D eigenvalue weighted by molar-refractivity contribution is 7.09. The first-order valence-electron chi connectivity index (χ1n) is 4.42. The van der Waals surface area contributed by atoms with Gasteiger partial charge in [0.2, 0.25) is 0 Å². The second kappa shape index (κ2) is 4.31. The van der Waals surface area contributed by atoms with E-state index < -0.39 is 19.0 Å². The Kier molecular flexibility index (Phi) is 3.55. The number of aliphatic hydroxyl groups excluding tert-OH is 1. The van der Waals surface area contributed by atoms with Gasteiger partial charge in [-0.3, -0.25) is 0 Å². The van der Waals surface area contributed by atoms with Crippen LogP contribution in [-0.4, -0.2) is 16.7 Å². The normalized spacial score (nSPS) is 12.4. The number of halogens is 2. The highest BCUT2D eigenvalue weighted by Gasteiger charge is 2.33. The van der Waals surface area contributed by atoms with Gasteiger partial charge < -0.3 is 5.11 Å². The number of rotatable bonds is 4. The van der Waals surface area contributed by atoms with Gasteiger partial charge in [-0.05, 0) is 0 Å². The lowest BCUT2D eigenvalue weighted by molar-refractivity contribution is -0.0306. The SMILES string of the molecule is CC(C)c1nc(C(F)(F)CCO)cs1. The van der Waals surface area contributed by atoms with Crippen molar-refractivity contribution in [3.8, 4) is 0 Å². The summed E-state index contributed by atoms with van der Waals surface area (Å²) in [5.41, 5.74) is -0.222. The third-order valence-corrected chi connectivity index (χ3v) is 2.96. The van der Waals surface area contributed by atoms with Crippen LogP contribution in [0.2, 0.25) is 0 Å². The third-order valence-electron chi connectivity index (χ3n) is 1.82. The zero-order chi connectivity index (χ0) is 10.8.